The van der Waals surface area contributed by atoms with Gasteiger partial charge in [0.05, 0.1) is 6.54 Å². The highest BCUT2D eigenvalue weighted by Crippen LogP contribution is 2.19. The van der Waals surface area contributed by atoms with E-state index >= 15 is 0 Å². The first-order valence-electron chi connectivity index (χ1n) is 10.4. The van der Waals surface area contributed by atoms with E-state index in [2.05, 4.69) is 30.0 Å². The lowest BCUT2D eigenvalue weighted by Gasteiger charge is -2.36. The van der Waals surface area contributed by atoms with Crippen LogP contribution in [0.3, 0.4) is 0 Å². The number of hydrogen-bond acceptors (Lipinski definition) is 3. The predicted octanol–water partition coefficient (Wildman–Crippen LogP) is 2.72. The third-order valence-electron chi connectivity index (χ3n) is 5.83. The first-order chi connectivity index (χ1) is 14.5. The second-order valence-electron chi connectivity index (χ2n) is 7.92. The molecule has 7 heteroatoms. The van der Waals surface area contributed by atoms with Crippen LogP contribution in [0.15, 0.2) is 48.5 Å². The molecule has 0 bridgehead atoms. The summed E-state index contributed by atoms with van der Waals surface area (Å²) in [6.45, 7) is 6.23. The van der Waals surface area contributed by atoms with Crippen molar-refractivity contribution in [1.82, 2.24) is 14.7 Å². The molecule has 30 heavy (non-hydrogen) atoms. The zero-order valence-corrected chi connectivity index (χ0v) is 17.3. The fraction of sp³-hybridized carbons (Fsp3) is 0.391. The molecule has 2 fully saturated rings. The summed E-state index contributed by atoms with van der Waals surface area (Å²) in [4.78, 5) is 32.7. The van der Waals surface area contributed by atoms with Gasteiger partial charge in [-0.1, -0.05) is 30.3 Å². The predicted molar refractivity (Wildman–Crippen MR) is 114 cm³/mol. The first kappa shape index (κ1) is 20.2. The van der Waals surface area contributed by atoms with Gasteiger partial charge in [-0.15, -0.1) is 0 Å². The molecule has 0 atom stereocenters. The Balaban J connectivity index is 1.28. The van der Waals surface area contributed by atoms with Crippen molar-refractivity contribution >= 4 is 17.6 Å². The number of carbonyl (C=O) groups excluding carboxylic acids is 2. The molecule has 6 nitrogen and oxygen atoms in total. The van der Waals surface area contributed by atoms with Gasteiger partial charge in [-0.05, 0) is 30.7 Å². The fourth-order valence-electron chi connectivity index (χ4n) is 4.06. The van der Waals surface area contributed by atoms with Gasteiger partial charge in [0, 0.05) is 50.5 Å². The molecule has 2 aliphatic heterocycles. The standard InChI is InChI=1S/C23H27FN4O2/c1-18-5-4-7-20(15-18)25-9-11-26(12-10-25)22(29)17-28-14-13-27(23(28)30)16-19-6-2-3-8-21(19)24/h2-8,15H,9-14,16-17H2,1H3. The van der Waals surface area contributed by atoms with Gasteiger partial charge in [0.15, 0.2) is 0 Å². The molecular weight excluding hydrogens is 383 g/mol. The van der Waals surface area contributed by atoms with E-state index in [0.29, 0.717) is 31.7 Å². The largest absolute Gasteiger partial charge is 0.368 e. The average Bonchev–Trinajstić information content (AvgIpc) is 3.09. The molecule has 4 rings (SSSR count). The minimum absolute atomic E-state index is 0.0278. The molecule has 0 aliphatic carbocycles. The highest BCUT2D eigenvalue weighted by molar-refractivity contribution is 5.85. The van der Waals surface area contributed by atoms with Gasteiger partial charge >= 0.3 is 6.03 Å². The van der Waals surface area contributed by atoms with Gasteiger partial charge in [-0.3, -0.25) is 4.79 Å². The van der Waals surface area contributed by atoms with E-state index in [1.807, 2.05) is 11.0 Å². The fourth-order valence-corrected chi connectivity index (χ4v) is 4.06. The van der Waals surface area contributed by atoms with Crippen molar-refractivity contribution in [3.8, 4) is 0 Å². The number of rotatable bonds is 5. The van der Waals surface area contributed by atoms with E-state index in [1.54, 1.807) is 28.0 Å². The van der Waals surface area contributed by atoms with Gasteiger partial charge in [0.2, 0.25) is 5.91 Å². The van der Waals surface area contributed by atoms with Gasteiger partial charge in [-0.25, -0.2) is 9.18 Å². The number of hydrogen-bond donors (Lipinski definition) is 0. The molecule has 0 N–H and O–H groups in total. The van der Waals surface area contributed by atoms with Crippen LogP contribution in [0.1, 0.15) is 11.1 Å². The summed E-state index contributed by atoms with van der Waals surface area (Å²) >= 11 is 0. The summed E-state index contributed by atoms with van der Waals surface area (Å²) in [5.41, 5.74) is 2.89. The molecule has 2 aromatic rings. The first-order valence-corrected chi connectivity index (χ1v) is 10.4. The summed E-state index contributed by atoms with van der Waals surface area (Å²) < 4.78 is 13.9. The Morgan fingerprint density at radius 1 is 0.933 bits per heavy atom. The average molecular weight is 410 g/mol. The Labute approximate surface area is 176 Å². The number of nitrogens with zero attached hydrogens (tertiary/aromatic N) is 4. The molecule has 0 radical (unpaired) electrons. The van der Waals surface area contributed by atoms with Crippen LogP contribution in [-0.2, 0) is 11.3 Å². The van der Waals surface area contributed by atoms with Crippen LogP contribution >= 0.6 is 0 Å². The quantitative estimate of drug-likeness (QED) is 0.762. The maximum Gasteiger partial charge on any atom is 0.320 e. The topological polar surface area (TPSA) is 47.1 Å². The minimum Gasteiger partial charge on any atom is -0.368 e. The lowest BCUT2D eigenvalue weighted by molar-refractivity contribution is -0.131. The maximum atomic E-state index is 13.9. The molecular formula is C23H27FN4O2. The molecule has 0 aromatic heterocycles. The van der Waals surface area contributed by atoms with Crippen LogP contribution in [0.4, 0.5) is 14.9 Å². The molecule has 2 aromatic carbocycles. The summed E-state index contributed by atoms with van der Waals surface area (Å²) in [7, 11) is 0. The number of halogens is 1. The minimum atomic E-state index is -0.314. The van der Waals surface area contributed by atoms with Gasteiger partial charge in [0.25, 0.3) is 0 Å². The van der Waals surface area contributed by atoms with E-state index in [0.717, 1.165) is 13.1 Å². The number of anilines is 1. The Hall–Kier alpha value is -3.09. The van der Waals surface area contributed by atoms with Crippen molar-refractivity contribution < 1.29 is 14.0 Å². The lowest BCUT2D eigenvalue weighted by atomic mass is 10.2. The smallest absolute Gasteiger partial charge is 0.320 e. The van der Waals surface area contributed by atoms with E-state index in [9.17, 15) is 14.0 Å². The number of amides is 3. The van der Waals surface area contributed by atoms with Crippen LogP contribution < -0.4 is 4.90 Å². The normalized spacial score (nSPS) is 17.1. The van der Waals surface area contributed by atoms with E-state index in [-0.39, 0.29) is 30.8 Å². The zero-order valence-electron chi connectivity index (χ0n) is 17.3. The third kappa shape index (κ3) is 4.40. The second-order valence-corrected chi connectivity index (χ2v) is 7.92. The van der Waals surface area contributed by atoms with Crippen molar-refractivity contribution in [2.45, 2.75) is 13.5 Å². The summed E-state index contributed by atoms with van der Waals surface area (Å²) in [5.74, 6) is -0.341. The lowest BCUT2D eigenvalue weighted by Crippen LogP contribution is -2.51. The SMILES string of the molecule is Cc1cccc(N2CCN(C(=O)CN3CCN(Cc4ccccc4F)C3=O)CC2)c1. The number of aryl methyl sites for hydroxylation is 1. The van der Waals surface area contributed by atoms with Crippen LogP contribution in [-0.4, -0.2) is 72.5 Å². The maximum absolute atomic E-state index is 13.9. The molecule has 2 aliphatic rings. The molecule has 2 saturated heterocycles. The molecule has 3 amide bonds. The van der Waals surface area contributed by atoms with Crippen LogP contribution in [0.5, 0.6) is 0 Å². The number of benzene rings is 2. The summed E-state index contributed by atoms with van der Waals surface area (Å²) in [5, 5.41) is 0. The molecule has 0 unspecified atom stereocenters. The monoisotopic (exact) mass is 410 g/mol. The number of carbonyl (C=O) groups is 2. The van der Waals surface area contributed by atoms with Crippen molar-refractivity contribution in [3.05, 3.63) is 65.5 Å². The van der Waals surface area contributed by atoms with Gasteiger partial charge in [0.1, 0.15) is 12.4 Å². The zero-order chi connectivity index (χ0) is 21.1. The highest BCUT2D eigenvalue weighted by atomic mass is 19.1. The van der Waals surface area contributed by atoms with Crippen molar-refractivity contribution in [2.75, 3.05) is 50.7 Å². The van der Waals surface area contributed by atoms with Crippen molar-refractivity contribution in [3.63, 3.8) is 0 Å². The molecule has 2 heterocycles. The van der Waals surface area contributed by atoms with Crippen LogP contribution in [0.2, 0.25) is 0 Å². The van der Waals surface area contributed by atoms with Gasteiger partial charge in [-0.2, -0.15) is 0 Å². The van der Waals surface area contributed by atoms with Crippen molar-refractivity contribution in [2.24, 2.45) is 0 Å². The second kappa shape index (κ2) is 8.73. The highest BCUT2D eigenvalue weighted by Gasteiger charge is 2.32. The molecule has 0 spiro atoms. The van der Waals surface area contributed by atoms with Crippen LogP contribution in [0, 0.1) is 12.7 Å². The molecule has 158 valence electrons. The summed E-state index contributed by atoms with van der Waals surface area (Å²) in [6.07, 6.45) is 0. The Morgan fingerprint density at radius 2 is 1.67 bits per heavy atom. The molecule has 0 saturated carbocycles. The number of urea groups is 1. The van der Waals surface area contributed by atoms with E-state index in [4.69, 9.17) is 0 Å². The summed E-state index contributed by atoms with van der Waals surface area (Å²) in [6, 6.07) is 14.6. The van der Waals surface area contributed by atoms with E-state index in [1.165, 1.54) is 17.3 Å². The number of piperazine rings is 1. The Kier molecular flexibility index (Phi) is 5.88. The Morgan fingerprint density at radius 3 is 2.40 bits per heavy atom. The Bertz CT molecular complexity index is 927. The van der Waals surface area contributed by atoms with Crippen molar-refractivity contribution in [1.29, 1.82) is 0 Å². The van der Waals surface area contributed by atoms with E-state index < -0.39 is 0 Å². The third-order valence-corrected chi connectivity index (χ3v) is 5.83. The van der Waals surface area contributed by atoms with Gasteiger partial charge < -0.3 is 19.6 Å². The van der Waals surface area contributed by atoms with Crippen LogP contribution in [0.25, 0.3) is 0 Å².